The maximum atomic E-state index is 12.9. The van der Waals surface area contributed by atoms with Gasteiger partial charge >= 0.3 is 11.9 Å². The van der Waals surface area contributed by atoms with Crippen LogP contribution in [-0.2, 0) is 9.53 Å². The van der Waals surface area contributed by atoms with Gasteiger partial charge in [0, 0.05) is 12.1 Å². The lowest BCUT2D eigenvalue weighted by atomic mass is 9.87. The fourth-order valence-corrected chi connectivity index (χ4v) is 2.53. The molecule has 2 N–H and O–H groups in total. The van der Waals surface area contributed by atoms with Crippen molar-refractivity contribution in [1.82, 2.24) is 0 Å². The molecular formula is C18H15NO8. The molecule has 27 heavy (non-hydrogen) atoms. The number of methoxy groups -OCH3 is 1. The summed E-state index contributed by atoms with van der Waals surface area (Å²) in [5.41, 5.74) is -0.217. The molecule has 0 aliphatic heterocycles. The van der Waals surface area contributed by atoms with Crippen LogP contribution >= 0.6 is 0 Å². The van der Waals surface area contributed by atoms with Crippen molar-refractivity contribution in [3.05, 3.63) is 69.3 Å². The highest BCUT2D eigenvalue weighted by Crippen LogP contribution is 2.30. The van der Waals surface area contributed by atoms with Gasteiger partial charge in [-0.15, -0.1) is 0 Å². The predicted octanol–water partition coefficient (Wildman–Crippen LogP) is 2.53. The molecule has 2 rings (SSSR count). The topological polar surface area (TPSA) is 144 Å². The Kier molecular flexibility index (Phi) is 5.86. The van der Waals surface area contributed by atoms with Gasteiger partial charge in [0.25, 0.3) is 5.69 Å². The van der Waals surface area contributed by atoms with Crippen molar-refractivity contribution in [2.45, 2.75) is 12.3 Å². The van der Waals surface area contributed by atoms with E-state index in [1.165, 1.54) is 18.2 Å². The number of phenolic OH excluding ortho intramolecular Hbond substituents is 1. The summed E-state index contributed by atoms with van der Waals surface area (Å²) in [6.07, 6.45) is -0.599. The number of aromatic hydroxyl groups is 1. The van der Waals surface area contributed by atoms with Crippen molar-refractivity contribution in [3.8, 4) is 5.75 Å². The Balaban J connectivity index is 2.47. The second kappa shape index (κ2) is 8.09. The predicted molar refractivity (Wildman–Crippen MR) is 91.9 cm³/mol. The average molecular weight is 373 g/mol. The summed E-state index contributed by atoms with van der Waals surface area (Å²) in [6.45, 7) is 0. The Bertz CT molecular complexity index is 904. The van der Waals surface area contributed by atoms with Crippen LogP contribution < -0.4 is 0 Å². The third-order valence-corrected chi connectivity index (χ3v) is 3.88. The van der Waals surface area contributed by atoms with Gasteiger partial charge in [0.1, 0.15) is 5.75 Å². The first kappa shape index (κ1) is 19.6. The highest BCUT2D eigenvalue weighted by Gasteiger charge is 2.28. The number of rotatable bonds is 7. The number of non-ortho nitro benzene ring substituents is 1. The number of ether oxygens (including phenoxy) is 1. The monoisotopic (exact) mass is 373 g/mol. The van der Waals surface area contributed by atoms with Crippen molar-refractivity contribution in [2.75, 3.05) is 7.11 Å². The number of nitro groups is 1. The highest BCUT2D eigenvalue weighted by molar-refractivity contribution is 6.06. The number of aliphatic carboxylic acids is 1. The fourth-order valence-electron chi connectivity index (χ4n) is 2.53. The molecule has 0 saturated carbocycles. The van der Waals surface area contributed by atoms with Crippen LogP contribution in [0, 0.1) is 10.1 Å². The first-order valence-corrected chi connectivity index (χ1v) is 7.66. The summed E-state index contributed by atoms with van der Waals surface area (Å²) >= 11 is 0. The number of hydrogen-bond donors (Lipinski definition) is 2. The third kappa shape index (κ3) is 4.46. The van der Waals surface area contributed by atoms with E-state index in [0.717, 1.165) is 31.4 Å². The van der Waals surface area contributed by atoms with Crippen LogP contribution in [0.3, 0.4) is 0 Å². The summed E-state index contributed by atoms with van der Waals surface area (Å²) < 4.78 is 4.57. The number of benzene rings is 2. The minimum absolute atomic E-state index is 0.0106. The lowest BCUT2D eigenvalue weighted by Gasteiger charge is -2.15. The van der Waals surface area contributed by atoms with Crippen LogP contribution in [0.5, 0.6) is 5.75 Å². The molecular weight excluding hydrogens is 358 g/mol. The lowest BCUT2D eigenvalue weighted by molar-refractivity contribution is -0.384. The van der Waals surface area contributed by atoms with E-state index in [9.17, 15) is 29.6 Å². The zero-order chi connectivity index (χ0) is 20.1. The molecule has 140 valence electrons. The fraction of sp³-hybridized carbons (Fsp3) is 0.167. The SMILES string of the molecule is COC(=O)c1ccc(O)c(C(=O)C(CC(=O)O)c2ccc([N+](=O)[O-])cc2)c1. The molecule has 1 unspecified atom stereocenters. The number of carbonyl (C=O) groups is 3. The zero-order valence-corrected chi connectivity index (χ0v) is 14.1. The molecule has 0 heterocycles. The molecule has 2 aromatic rings. The molecule has 0 spiro atoms. The molecule has 0 saturated heterocycles. The molecule has 1 atom stereocenters. The summed E-state index contributed by atoms with van der Waals surface area (Å²) in [7, 11) is 1.15. The Hall–Kier alpha value is -3.75. The number of carboxylic acid groups (broad SMARTS) is 1. The van der Waals surface area contributed by atoms with E-state index >= 15 is 0 Å². The van der Waals surface area contributed by atoms with Crippen molar-refractivity contribution < 1.29 is 34.3 Å². The number of carboxylic acids is 1. The van der Waals surface area contributed by atoms with Gasteiger partial charge in [-0.05, 0) is 23.8 Å². The van der Waals surface area contributed by atoms with Crippen LogP contribution in [0.1, 0.15) is 38.6 Å². The number of Topliss-reactive ketones (excluding diaryl/α,β-unsaturated/α-hetero) is 1. The Morgan fingerprint density at radius 2 is 1.78 bits per heavy atom. The smallest absolute Gasteiger partial charge is 0.337 e. The van der Waals surface area contributed by atoms with E-state index in [0.29, 0.717) is 0 Å². The molecule has 0 amide bonds. The van der Waals surface area contributed by atoms with E-state index in [4.69, 9.17) is 5.11 Å². The van der Waals surface area contributed by atoms with Crippen molar-refractivity contribution >= 4 is 23.4 Å². The summed E-state index contributed by atoms with van der Waals surface area (Å²) in [4.78, 5) is 45.9. The summed E-state index contributed by atoms with van der Waals surface area (Å²) in [6, 6.07) is 8.38. The molecule has 0 fully saturated rings. The number of nitrogens with zero attached hydrogens (tertiary/aromatic N) is 1. The zero-order valence-electron chi connectivity index (χ0n) is 14.1. The Labute approximate surface area is 153 Å². The number of carbonyl (C=O) groups excluding carboxylic acids is 2. The summed E-state index contributed by atoms with van der Waals surface area (Å²) in [5, 5.41) is 29.9. The molecule has 2 aromatic carbocycles. The Morgan fingerprint density at radius 3 is 2.30 bits per heavy atom. The Morgan fingerprint density at radius 1 is 1.15 bits per heavy atom. The van der Waals surface area contributed by atoms with Crippen LogP contribution in [0.2, 0.25) is 0 Å². The van der Waals surface area contributed by atoms with Crippen LogP contribution in [0.25, 0.3) is 0 Å². The number of esters is 1. The van der Waals surface area contributed by atoms with Gasteiger partial charge in [-0.25, -0.2) is 4.79 Å². The first-order valence-electron chi connectivity index (χ1n) is 7.66. The third-order valence-electron chi connectivity index (χ3n) is 3.88. The second-order valence-electron chi connectivity index (χ2n) is 5.59. The molecule has 0 radical (unpaired) electrons. The van der Waals surface area contributed by atoms with E-state index < -0.39 is 40.7 Å². The lowest BCUT2D eigenvalue weighted by Crippen LogP contribution is -2.18. The minimum Gasteiger partial charge on any atom is -0.507 e. The normalized spacial score (nSPS) is 11.4. The van der Waals surface area contributed by atoms with Crippen molar-refractivity contribution in [1.29, 1.82) is 0 Å². The van der Waals surface area contributed by atoms with E-state index in [2.05, 4.69) is 4.74 Å². The highest BCUT2D eigenvalue weighted by atomic mass is 16.6. The number of phenols is 1. The van der Waals surface area contributed by atoms with Gasteiger partial charge in [-0.1, -0.05) is 12.1 Å². The van der Waals surface area contributed by atoms with Crippen LogP contribution in [-0.4, -0.2) is 40.0 Å². The largest absolute Gasteiger partial charge is 0.507 e. The standard InChI is InChI=1S/C18H15NO8/c1-27-18(24)11-4-7-15(20)14(8-11)17(23)13(9-16(21)22)10-2-5-12(6-3-10)19(25)26/h2-8,13,20H,9H2,1H3,(H,21,22). The molecule has 0 aromatic heterocycles. The van der Waals surface area contributed by atoms with Gasteiger partial charge in [0.05, 0.1) is 35.5 Å². The van der Waals surface area contributed by atoms with Crippen LogP contribution in [0.4, 0.5) is 5.69 Å². The second-order valence-corrected chi connectivity index (χ2v) is 5.59. The molecule has 0 bridgehead atoms. The van der Waals surface area contributed by atoms with Gasteiger partial charge in [-0.3, -0.25) is 19.7 Å². The van der Waals surface area contributed by atoms with Gasteiger partial charge in [-0.2, -0.15) is 0 Å². The first-order chi connectivity index (χ1) is 12.7. The van der Waals surface area contributed by atoms with Gasteiger partial charge < -0.3 is 14.9 Å². The molecule has 0 aliphatic carbocycles. The van der Waals surface area contributed by atoms with Crippen molar-refractivity contribution in [2.24, 2.45) is 0 Å². The van der Waals surface area contributed by atoms with E-state index in [1.54, 1.807) is 0 Å². The number of hydrogen-bond acceptors (Lipinski definition) is 7. The summed E-state index contributed by atoms with van der Waals surface area (Å²) in [5.74, 6) is -4.37. The van der Waals surface area contributed by atoms with Crippen molar-refractivity contribution in [3.63, 3.8) is 0 Å². The van der Waals surface area contributed by atoms with E-state index in [-0.39, 0.29) is 22.4 Å². The van der Waals surface area contributed by atoms with Gasteiger partial charge in [0.2, 0.25) is 0 Å². The van der Waals surface area contributed by atoms with E-state index in [1.807, 2.05) is 0 Å². The average Bonchev–Trinajstić information content (AvgIpc) is 2.65. The number of ketones is 1. The quantitative estimate of drug-likeness (QED) is 0.326. The maximum absolute atomic E-state index is 12.9. The number of nitro benzene ring substituents is 1. The molecule has 9 nitrogen and oxygen atoms in total. The van der Waals surface area contributed by atoms with Crippen LogP contribution in [0.15, 0.2) is 42.5 Å². The van der Waals surface area contributed by atoms with Gasteiger partial charge in [0.15, 0.2) is 5.78 Å². The molecule has 9 heteroatoms. The molecule has 0 aliphatic rings. The maximum Gasteiger partial charge on any atom is 0.337 e. The minimum atomic E-state index is -1.27.